The van der Waals surface area contributed by atoms with Crippen molar-refractivity contribution < 1.29 is 52.9 Å². The summed E-state index contributed by atoms with van der Waals surface area (Å²) >= 11 is 1.05. The van der Waals surface area contributed by atoms with E-state index in [4.69, 9.17) is 9.47 Å². The highest BCUT2D eigenvalue weighted by atomic mass is 32.2. The molecule has 17 nitrogen and oxygen atoms in total. The first kappa shape index (κ1) is 35.7. The lowest BCUT2D eigenvalue weighted by Crippen LogP contribution is -2.79. The third-order valence-electron chi connectivity index (χ3n) is 8.65. The Labute approximate surface area is 289 Å². The summed E-state index contributed by atoms with van der Waals surface area (Å²) in [7, 11) is 0. The highest BCUT2D eigenvalue weighted by Gasteiger charge is 2.73. The zero-order valence-corrected chi connectivity index (χ0v) is 27.9. The standard InChI is InChI=1S/C32H34N6O11S/c1-4-36-14-15-37(26(43)25(36)42)29(46)35-21(19-10-12-20(13-11-19)49-30(47)48-16-18-8-6-5-7-9-18)23(40)34-22-24(41)38-27(22)50-31(2,3)32(38,28(44)45)33-17-39/h5-13,17,21-22,27H,4,14-16H2,1-3H3,(H,33,39)(H,34,40)(H,35,46)(H,44,45)/t21?,22-,27+,32-/m0/s1. The van der Waals surface area contributed by atoms with E-state index in [-0.39, 0.29) is 44.0 Å². The van der Waals surface area contributed by atoms with Crippen molar-refractivity contribution in [2.45, 2.75) is 55.2 Å². The van der Waals surface area contributed by atoms with Gasteiger partial charge in [0.1, 0.15) is 29.8 Å². The Morgan fingerprint density at radius 1 is 1.02 bits per heavy atom. The highest BCUT2D eigenvalue weighted by Crippen LogP contribution is 2.55. The molecule has 3 saturated heterocycles. The number of thioether (sulfide) groups is 1. The van der Waals surface area contributed by atoms with E-state index in [1.165, 1.54) is 43.0 Å². The van der Waals surface area contributed by atoms with Crippen LogP contribution in [0.3, 0.4) is 0 Å². The molecule has 3 fully saturated rings. The molecule has 0 bridgehead atoms. The van der Waals surface area contributed by atoms with Crippen molar-refractivity contribution in [2.24, 2.45) is 0 Å². The number of nitrogens with zero attached hydrogens (tertiary/aromatic N) is 3. The lowest BCUT2D eigenvalue weighted by Gasteiger charge is -2.49. The summed E-state index contributed by atoms with van der Waals surface area (Å²) in [6.07, 6.45) is -0.808. The first-order valence-corrected chi connectivity index (χ1v) is 16.3. The van der Waals surface area contributed by atoms with Crippen LogP contribution in [0.2, 0.25) is 0 Å². The number of urea groups is 1. The van der Waals surface area contributed by atoms with Gasteiger partial charge in [-0.15, -0.1) is 11.8 Å². The number of carboxylic acid groups (broad SMARTS) is 1. The van der Waals surface area contributed by atoms with Crippen molar-refractivity contribution in [1.82, 2.24) is 30.7 Å². The summed E-state index contributed by atoms with van der Waals surface area (Å²) in [5.41, 5.74) is -1.22. The van der Waals surface area contributed by atoms with Gasteiger partial charge in [-0.05, 0) is 44.0 Å². The number of amides is 7. The van der Waals surface area contributed by atoms with E-state index >= 15 is 0 Å². The van der Waals surface area contributed by atoms with E-state index in [1.54, 1.807) is 31.2 Å². The topological polar surface area (TPSA) is 221 Å². The number of hydrogen-bond acceptors (Lipinski definition) is 11. The molecule has 0 spiro atoms. The smallest absolute Gasteiger partial charge is 0.478 e. The molecule has 3 aliphatic heterocycles. The molecule has 0 aromatic heterocycles. The fraction of sp³-hybridized carbons (Fsp3) is 0.375. The number of carboxylic acids is 1. The van der Waals surface area contributed by atoms with Gasteiger partial charge in [0, 0.05) is 19.6 Å². The Kier molecular flexibility index (Phi) is 10.0. The molecule has 5 rings (SSSR count). The van der Waals surface area contributed by atoms with Crippen LogP contribution < -0.4 is 20.7 Å². The minimum atomic E-state index is -2.10. The average molecular weight is 711 g/mol. The molecule has 50 heavy (non-hydrogen) atoms. The number of nitrogens with one attached hydrogen (secondary N) is 3. The zero-order valence-electron chi connectivity index (χ0n) is 27.1. The first-order valence-electron chi connectivity index (χ1n) is 15.4. The van der Waals surface area contributed by atoms with Gasteiger partial charge in [-0.3, -0.25) is 33.8 Å². The molecule has 18 heteroatoms. The molecule has 3 heterocycles. The summed E-state index contributed by atoms with van der Waals surface area (Å²) < 4.78 is 9.10. The molecule has 1 unspecified atom stereocenters. The quantitative estimate of drug-likeness (QED) is 0.0826. The normalized spacial score (nSPS) is 22.9. The number of imide groups is 1. The van der Waals surface area contributed by atoms with Crippen molar-refractivity contribution in [3.63, 3.8) is 0 Å². The van der Waals surface area contributed by atoms with Crippen LogP contribution in [0.5, 0.6) is 5.75 Å². The van der Waals surface area contributed by atoms with Crippen molar-refractivity contribution >= 4 is 60.0 Å². The predicted octanol–water partition coefficient (Wildman–Crippen LogP) is 0.549. The van der Waals surface area contributed by atoms with E-state index < -0.39 is 69.7 Å². The molecule has 264 valence electrons. The van der Waals surface area contributed by atoms with Crippen molar-refractivity contribution in [1.29, 1.82) is 0 Å². The Hall–Kier alpha value is -5.65. The van der Waals surface area contributed by atoms with Crippen molar-refractivity contribution in [3.05, 3.63) is 65.7 Å². The van der Waals surface area contributed by atoms with Crippen LogP contribution in [0, 0.1) is 0 Å². The number of ether oxygens (including phenoxy) is 2. The number of carbonyl (C=O) groups excluding carboxylic acids is 7. The summed E-state index contributed by atoms with van der Waals surface area (Å²) in [6.45, 7) is 4.92. The molecule has 0 saturated carbocycles. The fourth-order valence-corrected chi connectivity index (χ4v) is 7.69. The number of likely N-dealkylation sites (N-methyl/N-ethyl adjacent to an activating group) is 1. The maximum atomic E-state index is 13.8. The maximum Gasteiger partial charge on any atom is 0.514 e. The van der Waals surface area contributed by atoms with Gasteiger partial charge in [-0.1, -0.05) is 42.5 Å². The maximum absolute atomic E-state index is 13.8. The van der Waals surface area contributed by atoms with Gasteiger partial charge < -0.3 is 35.4 Å². The first-order chi connectivity index (χ1) is 23.7. The van der Waals surface area contributed by atoms with Gasteiger partial charge in [-0.2, -0.15) is 0 Å². The summed E-state index contributed by atoms with van der Waals surface area (Å²) in [6, 6.07) is 10.4. The summed E-state index contributed by atoms with van der Waals surface area (Å²) in [5.74, 6) is -5.11. The second-order valence-electron chi connectivity index (χ2n) is 11.9. The monoisotopic (exact) mass is 710 g/mol. The molecule has 4 N–H and O–H groups in total. The van der Waals surface area contributed by atoms with E-state index in [1.807, 2.05) is 6.07 Å². The molecule has 4 atom stereocenters. The molecule has 0 aliphatic carbocycles. The number of fused-ring (bicyclic) bond motifs is 1. The van der Waals surface area contributed by atoms with Crippen LogP contribution in [0.1, 0.15) is 37.9 Å². The van der Waals surface area contributed by atoms with Crippen LogP contribution in [0.4, 0.5) is 9.59 Å². The number of aliphatic carboxylic acids is 1. The third-order valence-corrected chi connectivity index (χ3v) is 10.3. The zero-order chi connectivity index (χ0) is 36.4. The van der Waals surface area contributed by atoms with Gasteiger partial charge in [0.25, 0.3) is 5.91 Å². The van der Waals surface area contributed by atoms with Crippen molar-refractivity contribution in [3.8, 4) is 5.75 Å². The van der Waals surface area contributed by atoms with E-state index in [9.17, 15) is 43.5 Å². The summed E-state index contributed by atoms with van der Waals surface area (Å²) in [5, 5.41) is 16.4. The highest BCUT2D eigenvalue weighted by molar-refractivity contribution is 8.01. The molecule has 3 aliphatic rings. The number of rotatable bonds is 11. The fourth-order valence-electron chi connectivity index (χ4n) is 5.98. The van der Waals surface area contributed by atoms with Crippen LogP contribution in [-0.2, 0) is 40.1 Å². The third kappa shape index (κ3) is 6.40. The number of β-lactam (4-membered cyclic amide) rings is 1. The van der Waals surface area contributed by atoms with Crippen LogP contribution in [0.25, 0.3) is 0 Å². The van der Waals surface area contributed by atoms with Gasteiger partial charge in [0.05, 0.1) is 4.75 Å². The number of carbonyl (C=O) groups is 8. The lowest BCUT2D eigenvalue weighted by molar-refractivity contribution is -0.175. The summed E-state index contributed by atoms with van der Waals surface area (Å²) in [4.78, 5) is 105. The number of benzene rings is 2. The molecule has 0 radical (unpaired) electrons. The number of piperazine rings is 1. The number of hydrogen-bond donors (Lipinski definition) is 4. The van der Waals surface area contributed by atoms with Crippen LogP contribution >= 0.6 is 11.8 Å². The van der Waals surface area contributed by atoms with Crippen molar-refractivity contribution in [2.75, 3.05) is 19.6 Å². The van der Waals surface area contributed by atoms with Gasteiger partial charge in [-0.25, -0.2) is 14.4 Å². The lowest BCUT2D eigenvalue weighted by atomic mass is 9.88. The SMILES string of the molecule is CCN1CCN(C(=O)NC(C(=O)N[C@H]2C(=O)N3[C@@H]2SC(C)(C)[C@]3(NC=O)C(=O)O)c2ccc(OC(=O)OCc3ccccc3)cc2)C(=O)C1=O. The Balaban J connectivity index is 1.34. The average Bonchev–Trinajstić information content (AvgIpc) is 3.31. The second kappa shape index (κ2) is 14.1. The van der Waals surface area contributed by atoms with Gasteiger partial charge in [0.15, 0.2) is 0 Å². The molecular weight excluding hydrogens is 676 g/mol. The van der Waals surface area contributed by atoms with Crippen LogP contribution in [-0.4, -0.2) is 109 Å². The molecule has 7 amide bonds. The second-order valence-corrected chi connectivity index (χ2v) is 13.6. The molecule has 2 aromatic rings. The van der Waals surface area contributed by atoms with E-state index in [0.29, 0.717) is 4.90 Å². The minimum Gasteiger partial charge on any atom is -0.478 e. The van der Waals surface area contributed by atoms with E-state index in [2.05, 4.69) is 16.0 Å². The van der Waals surface area contributed by atoms with Gasteiger partial charge >= 0.3 is 30.0 Å². The molecular formula is C32H34N6O11S. The Morgan fingerprint density at radius 3 is 2.32 bits per heavy atom. The van der Waals surface area contributed by atoms with E-state index in [0.717, 1.165) is 22.2 Å². The van der Waals surface area contributed by atoms with Crippen LogP contribution in [0.15, 0.2) is 54.6 Å². The van der Waals surface area contributed by atoms with Gasteiger partial charge in [0.2, 0.25) is 18.0 Å². The molecule has 2 aromatic carbocycles. The minimum absolute atomic E-state index is 0.0354. The predicted molar refractivity (Wildman–Crippen MR) is 173 cm³/mol. The largest absolute Gasteiger partial charge is 0.514 e. The Bertz CT molecular complexity index is 1720. The Morgan fingerprint density at radius 2 is 1.70 bits per heavy atom.